The molecule has 1 saturated heterocycles. The number of aryl methyl sites for hydroxylation is 1. The van der Waals surface area contributed by atoms with Gasteiger partial charge in [0.15, 0.2) is 5.82 Å². The van der Waals surface area contributed by atoms with E-state index in [0.717, 1.165) is 23.5 Å². The molecule has 1 amide bonds. The number of amides is 1. The Hall–Kier alpha value is -2.97. The Morgan fingerprint density at radius 3 is 2.80 bits per heavy atom. The first-order valence-electron chi connectivity index (χ1n) is 8.27. The average molecular weight is 343 g/mol. The lowest BCUT2D eigenvalue weighted by Gasteiger charge is -2.17. The van der Waals surface area contributed by atoms with Gasteiger partial charge in [-0.2, -0.15) is 10.2 Å². The second-order valence-electron chi connectivity index (χ2n) is 5.86. The minimum absolute atomic E-state index is 0.206. The normalized spacial score (nSPS) is 13.7. The van der Waals surface area contributed by atoms with Gasteiger partial charge in [-0.1, -0.05) is 0 Å². The smallest absolute Gasteiger partial charge is 0.271 e. The Labute approximate surface area is 145 Å². The summed E-state index contributed by atoms with van der Waals surface area (Å²) in [5.74, 6) is 0.355. The van der Waals surface area contributed by atoms with Crippen LogP contribution in [0.5, 0.6) is 0 Å². The molecule has 0 aromatic carbocycles. The number of hydrogen-bond acceptors (Lipinski definition) is 7. The van der Waals surface area contributed by atoms with E-state index < -0.39 is 0 Å². The molecule has 132 valence electrons. The minimum atomic E-state index is -0.325. The van der Waals surface area contributed by atoms with Gasteiger partial charge in [0.1, 0.15) is 5.69 Å². The number of nitrogens with one attached hydrogen (secondary N) is 2. The van der Waals surface area contributed by atoms with Crippen molar-refractivity contribution >= 4 is 17.4 Å². The molecule has 25 heavy (non-hydrogen) atoms. The summed E-state index contributed by atoms with van der Waals surface area (Å²) in [6.07, 6.45) is 4.18. The van der Waals surface area contributed by atoms with Crippen molar-refractivity contribution in [3.05, 3.63) is 40.4 Å². The summed E-state index contributed by atoms with van der Waals surface area (Å²) in [4.78, 5) is 25.6. The highest BCUT2D eigenvalue weighted by Crippen LogP contribution is 2.20. The SMILES string of the molecule is Cn1nc(C(=O)NCCNc2cc(N3CCCC3)cnn2)ccc1=O. The van der Waals surface area contributed by atoms with Gasteiger partial charge >= 0.3 is 0 Å². The lowest BCUT2D eigenvalue weighted by molar-refractivity contribution is 0.0948. The lowest BCUT2D eigenvalue weighted by Crippen LogP contribution is -2.31. The van der Waals surface area contributed by atoms with E-state index in [0.29, 0.717) is 18.9 Å². The van der Waals surface area contributed by atoms with E-state index >= 15 is 0 Å². The van der Waals surface area contributed by atoms with Gasteiger partial charge in [0.05, 0.1) is 11.9 Å². The molecule has 2 aromatic heterocycles. The quantitative estimate of drug-likeness (QED) is 0.712. The van der Waals surface area contributed by atoms with Crippen molar-refractivity contribution in [1.82, 2.24) is 25.3 Å². The molecule has 9 nitrogen and oxygen atoms in total. The van der Waals surface area contributed by atoms with E-state index in [1.54, 1.807) is 6.20 Å². The standard InChI is InChI=1S/C16H21N7O2/c1-22-15(24)5-4-13(21-22)16(25)18-7-6-17-14-10-12(11-19-20-14)23-8-2-3-9-23/h4-5,10-11H,2-3,6-9H2,1H3,(H,17,20)(H,18,25). The van der Waals surface area contributed by atoms with Crippen molar-refractivity contribution in [3.63, 3.8) is 0 Å². The zero-order chi connectivity index (χ0) is 17.6. The third-order valence-corrected chi connectivity index (χ3v) is 4.02. The molecule has 3 rings (SSSR count). The van der Waals surface area contributed by atoms with Crippen molar-refractivity contribution in [2.45, 2.75) is 12.8 Å². The summed E-state index contributed by atoms with van der Waals surface area (Å²) in [5, 5.41) is 17.9. The molecule has 1 fully saturated rings. The molecule has 0 saturated carbocycles. The lowest BCUT2D eigenvalue weighted by atomic mass is 10.3. The van der Waals surface area contributed by atoms with E-state index in [9.17, 15) is 9.59 Å². The molecule has 0 atom stereocenters. The first-order chi connectivity index (χ1) is 12.1. The molecular weight excluding hydrogens is 322 g/mol. The fourth-order valence-corrected chi connectivity index (χ4v) is 2.67. The van der Waals surface area contributed by atoms with Crippen LogP contribution in [0, 0.1) is 0 Å². The number of nitrogens with zero attached hydrogens (tertiary/aromatic N) is 5. The number of carbonyl (C=O) groups is 1. The van der Waals surface area contributed by atoms with Gasteiger partial charge < -0.3 is 15.5 Å². The number of carbonyl (C=O) groups excluding carboxylic acids is 1. The number of hydrogen-bond donors (Lipinski definition) is 2. The minimum Gasteiger partial charge on any atom is -0.370 e. The van der Waals surface area contributed by atoms with Crippen molar-refractivity contribution in [3.8, 4) is 0 Å². The van der Waals surface area contributed by atoms with E-state index in [-0.39, 0.29) is 17.2 Å². The second kappa shape index (κ2) is 7.73. The number of anilines is 2. The molecule has 0 aliphatic carbocycles. The van der Waals surface area contributed by atoms with E-state index in [2.05, 4.69) is 30.8 Å². The van der Waals surface area contributed by atoms with Gasteiger partial charge in [-0.3, -0.25) is 9.59 Å². The van der Waals surface area contributed by atoms with Crippen LogP contribution in [0.15, 0.2) is 29.2 Å². The molecule has 2 aromatic rings. The average Bonchev–Trinajstić information content (AvgIpc) is 3.16. The Balaban J connectivity index is 1.48. The van der Waals surface area contributed by atoms with Crippen LogP contribution in [0.2, 0.25) is 0 Å². The van der Waals surface area contributed by atoms with Gasteiger partial charge in [-0.15, -0.1) is 5.10 Å². The third kappa shape index (κ3) is 4.31. The van der Waals surface area contributed by atoms with E-state index in [4.69, 9.17) is 0 Å². The molecular formula is C16H21N7O2. The summed E-state index contributed by atoms with van der Waals surface area (Å²) >= 11 is 0. The molecule has 0 unspecified atom stereocenters. The Bertz CT molecular complexity index is 799. The van der Waals surface area contributed by atoms with Crippen LogP contribution in [-0.4, -0.2) is 52.1 Å². The van der Waals surface area contributed by atoms with Crippen LogP contribution in [0.1, 0.15) is 23.3 Å². The van der Waals surface area contributed by atoms with Crippen LogP contribution < -0.4 is 21.1 Å². The van der Waals surface area contributed by atoms with Crippen LogP contribution in [0.25, 0.3) is 0 Å². The molecule has 9 heteroatoms. The fraction of sp³-hybridized carbons (Fsp3) is 0.438. The number of rotatable bonds is 6. The van der Waals surface area contributed by atoms with Crippen LogP contribution in [0.3, 0.4) is 0 Å². The zero-order valence-corrected chi connectivity index (χ0v) is 14.1. The molecule has 2 N–H and O–H groups in total. The van der Waals surface area contributed by atoms with Crippen molar-refractivity contribution in [2.24, 2.45) is 7.05 Å². The molecule has 0 bridgehead atoms. The molecule has 3 heterocycles. The predicted molar refractivity (Wildman–Crippen MR) is 93.8 cm³/mol. The first kappa shape index (κ1) is 16.9. The Morgan fingerprint density at radius 1 is 1.24 bits per heavy atom. The third-order valence-electron chi connectivity index (χ3n) is 4.02. The van der Waals surface area contributed by atoms with Gasteiger partial charge in [-0.05, 0) is 18.9 Å². The zero-order valence-electron chi connectivity index (χ0n) is 14.1. The maximum Gasteiger partial charge on any atom is 0.271 e. The van der Waals surface area contributed by atoms with E-state index in [1.165, 1.54) is 32.0 Å². The van der Waals surface area contributed by atoms with Crippen LogP contribution in [-0.2, 0) is 7.05 Å². The van der Waals surface area contributed by atoms with E-state index in [1.807, 2.05) is 6.07 Å². The summed E-state index contributed by atoms with van der Waals surface area (Å²) in [7, 11) is 1.51. The summed E-state index contributed by atoms with van der Waals surface area (Å²) in [6, 6.07) is 4.70. The molecule has 0 spiro atoms. The fourth-order valence-electron chi connectivity index (χ4n) is 2.67. The largest absolute Gasteiger partial charge is 0.370 e. The highest BCUT2D eigenvalue weighted by Gasteiger charge is 2.13. The van der Waals surface area contributed by atoms with Gasteiger partial charge in [0.2, 0.25) is 0 Å². The predicted octanol–water partition coefficient (Wildman–Crippen LogP) is 0.0124. The van der Waals surface area contributed by atoms with Crippen molar-refractivity contribution in [1.29, 1.82) is 0 Å². The molecule has 1 aliphatic heterocycles. The first-order valence-corrected chi connectivity index (χ1v) is 8.27. The summed E-state index contributed by atoms with van der Waals surface area (Å²) in [6.45, 7) is 3.01. The maximum atomic E-state index is 12.0. The van der Waals surface area contributed by atoms with Gasteiger partial charge in [0, 0.05) is 45.4 Å². The summed E-state index contributed by atoms with van der Waals surface area (Å²) < 4.78 is 1.13. The monoisotopic (exact) mass is 343 g/mol. The Morgan fingerprint density at radius 2 is 2.04 bits per heavy atom. The highest BCUT2D eigenvalue weighted by atomic mass is 16.2. The molecule has 1 aliphatic rings. The number of aromatic nitrogens is 4. The topological polar surface area (TPSA) is 105 Å². The van der Waals surface area contributed by atoms with Gasteiger partial charge in [0.25, 0.3) is 11.5 Å². The van der Waals surface area contributed by atoms with Crippen molar-refractivity contribution < 1.29 is 4.79 Å². The van der Waals surface area contributed by atoms with Gasteiger partial charge in [-0.25, -0.2) is 4.68 Å². The maximum absolute atomic E-state index is 12.0. The second-order valence-corrected chi connectivity index (χ2v) is 5.86. The van der Waals surface area contributed by atoms with Crippen molar-refractivity contribution in [2.75, 3.05) is 36.4 Å². The highest BCUT2D eigenvalue weighted by molar-refractivity contribution is 5.91. The Kier molecular flexibility index (Phi) is 5.22. The van der Waals surface area contributed by atoms with Crippen LogP contribution in [0.4, 0.5) is 11.5 Å². The van der Waals surface area contributed by atoms with Crippen LogP contribution >= 0.6 is 0 Å². The molecule has 0 radical (unpaired) electrons. The summed E-state index contributed by atoms with van der Waals surface area (Å²) in [5.41, 5.74) is 1.01.